The summed E-state index contributed by atoms with van der Waals surface area (Å²) in [6.07, 6.45) is 1.82. The van der Waals surface area contributed by atoms with E-state index in [0.29, 0.717) is 11.5 Å². The fourth-order valence-electron chi connectivity index (χ4n) is 4.36. The second kappa shape index (κ2) is 12.7. The molecule has 0 radical (unpaired) electrons. The van der Waals surface area contributed by atoms with Gasteiger partial charge in [-0.05, 0) is 85.6 Å². The lowest BCUT2D eigenvalue weighted by Gasteiger charge is -2.21. The third-order valence-electron chi connectivity index (χ3n) is 6.50. The normalized spacial score (nSPS) is 12.5. The van der Waals surface area contributed by atoms with Crippen LogP contribution in [-0.4, -0.2) is 46.2 Å². The van der Waals surface area contributed by atoms with E-state index in [1.807, 2.05) is 24.3 Å². The molecule has 2 N–H and O–H groups in total. The Labute approximate surface area is 195 Å². The number of hydrogen-bond donors (Lipinski definition) is 2. The third-order valence-corrected chi connectivity index (χ3v) is 6.50. The molecule has 0 saturated heterocycles. The largest absolute Gasteiger partial charge is 0.508 e. The minimum atomic E-state index is 0.361. The Bertz CT molecular complexity index is 823. The van der Waals surface area contributed by atoms with Crippen molar-refractivity contribution in [3.8, 4) is 11.5 Å². The highest BCUT2D eigenvalue weighted by Gasteiger charge is 2.15. The first kappa shape index (κ1) is 26.0. The van der Waals surface area contributed by atoms with E-state index < -0.39 is 0 Å². The van der Waals surface area contributed by atoms with Gasteiger partial charge in [-0.3, -0.25) is 9.80 Å². The quantitative estimate of drug-likeness (QED) is 0.371. The topological polar surface area (TPSA) is 46.9 Å². The van der Waals surface area contributed by atoms with E-state index >= 15 is 0 Å². The second-order valence-corrected chi connectivity index (χ2v) is 8.27. The molecule has 0 aliphatic carbocycles. The van der Waals surface area contributed by atoms with Gasteiger partial charge < -0.3 is 10.2 Å². The van der Waals surface area contributed by atoms with Crippen molar-refractivity contribution >= 4 is 11.1 Å². The first-order valence-corrected chi connectivity index (χ1v) is 12.2. The van der Waals surface area contributed by atoms with Crippen LogP contribution in [0.4, 0.5) is 0 Å². The molecule has 0 fully saturated rings. The maximum Gasteiger partial charge on any atom is 0.120 e. The molecule has 0 unspecified atom stereocenters. The molecule has 0 spiro atoms. The van der Waals surface area contributed by atoms with Crippen LogP contribution >= 0.6 is 0 Å². The Morgan fingerprint density at radius 3 is 1.22 bits per heavy atom. The Morgan fingerprint density at radius 2 is 0.938 bits per heavy atom. The summed E-state index contributed by atoms with van der Waals surface area (Å²) in [4.78, 5) is 4.63. The highest BCUT2D eigenvalue weighted by Crippen LogP contribution is 2.35. The zero-order chi connectivity index (χ0) is 23.7. The van der Waals surface area contributed by atoms with Crippen molar-refractivity contribution in [3.05, 3.63) is 58.7 Å². The molecule has 0 atom stereocenters. The van der Waals surface area contributed by atoms with E-state index in [-0.39, 0.29) is 0 Å². The van der Waals surface area contributed by atoms with Gasteiger partial charge in [-0.15, -0.1) is 0 Å². The monoisotopic (exact) mass is 438 g/mol. The summed E-state index contributed by atoms with van der Waals surface area (Å²) in [5.41, 5.74) is 6.88. The van der Waals surface area contributed by atoms with Gasteiger partial charge in [-0.1, -0.05) is 53.7 Å². The first-order valence-electron chi connectivity index (χ1n) is 12.2. The van der Waals surface area contributed by atoms with Crippen LogP contribution in [0.2, 0.25) is 0 Å². The molecular weight excluding hydrogens is 396 g/mol. The summed E-state index contributed by atoms with van der Waals surface area (Å²) < 4.78 is 0. The number of hydrogen-bond acceptors (Lipinski definition) is 4. The zero-order valence-electron chi connectivity index (χ0n) is 20.9. The molecule has 0 heterocycles. The molecule has 0 amide bonds. The Kier molecular flexibility index (Phi) is 10.3. The molecule has 32 heavy (non-hydrogen) atoms. The number of allylic oxidation sites excluding steroid dienone is 2. The number of aromatic hydroxyl groups is 2. The number of benzene rings is 2. The Balaban J connectivity index is 2.52. The van der Waals surface area contributed by atoms with E-state index in [1.165, 1.54) is 22.3 Å². The molecular formula is C28H42N2O2. The second-order valence-electron chi connectivity index (χ2n) is 8.27. The number of nitrogens with zero attached hydrogens (tertiary/aromatic N) is 2. The van der Waals surface area contributed by atoms with Crippen molar-refractivity contribution in [1.29, 1.82) is 0 Å². The van der Waals surface area contributed by atoms with Crippen LogP contribution in [-0.2, 0) is 13.1 Å². The van der Waals surface area contributed by atoms with Gasteiger partial charge in [-0.2, -0.15) is 0 Å². The third kappa shape index (κ3) is 6.36. The first-order chi connectivity index (χ1) is 15.4. The predicted octanol–water partition coefficient (Wildman–Crippen LogP) is 6.51. The molecule has 4 nitrogen and oxygen atoms in total. The van der Waals surface area contributed by atoms with Crippen LogP contribution < -0.4 is 0 Å². The average Bonchev–Trinajstić information content (AvgIpc) is 2.81. The molecule has 0 aromatic heterocycles. The summed E-state index contributed by atoms with van der Waals surface area (Å²) in [6.45, 7) is 18.3. The molecule has 176 valence electrons. The van der Waals surface area contributed by atoms with E-state index in [0.717, 1.165) is 63.2 Å². The molecule has 4 heteroatoms. The summed E-state index contributed by atoms with van der Waals surface area (Å²) in [5.74, 6) is 0.723. The van der Waals surface area contributed by atoms with Gasteiger partial charge in [0.2, 0.25) is 0 Å². The van der Waals surface area contributed by atoms with Gasteiger partial charge in [0.15, 0.2) is 0 Å². The molecule has 0 bridgehead atoms. The average molecular weight is 439 g/mol. The fourth-order valence-corrected chi connectivity index (χ4v) is 4.36. The predicted molar refractivity (Wildman–Crippen MR) is 137 cm³/mol. The fraction of sp³-hybridized carbons (Fsp3) is 0.500. The minimum absolute atomic E-state index is 0.361. The van der Waals surface area contributed by atoms with Gasteiger partial charge in [0, 0.05) is 24.2 Å². The molecule has 0 saturated carbocycles. The maximum absolute atomic E-state index is 10.5. The van der Waals surface area contributed by atoms with Crippen molar-refractivity contribution in [2.24, 2.45) is 0 Å². The van der Waals surface area contributed by atoms with E-state index in [4.69, 9.17) is 0 Å². The van der Waals surface area contributed by atoms with E-state index in [2.05, 4.69) is 63.5 Å². The van der Waals surface area contributed by atoms with Gasteiger partial charge >= 0.3 is 0 Å². The van der Waals surface area contributed by atoms with Gasteiger partial charge in [0.05, 0.1) is 0 Å². The molecule has 2 rings (SSSR count). The molecule has 2 aromatic carbocycles. The lowest BCUT2D eigenvalue weighted by Crippen LogP contribution is -2.22. The Morgan fingerprint density at radius 1 is 0.594 bits per heavy atom. The molecule has 0 aliphatic rings. The summed E-state index contributed by atoms with van der Waals surface area (Å²) in [5, 5.41) is 20.9. The molecule has 0 aliphatic heterocycles. The van der Waals surface area contributed by atoms with Crippen molar-refractivity contribution < 1.29 is 10.2 Å². The zero-order valence-corrected chi connectivity index (χ0v) is 20.9. The summed E-state index contributed by atoms with van der Waals surface area (Å²) >= 11 is 0. The lowest BCUT2D eigenvalue weighted by molar-refractivity contribution is 0.291. The Hall–Kier alpha value is -2.30. The molecule has 2 aromatic rings. The van der Waals surface area contributed by atoms with Crippen molar-refractivity contribution in [2.45, 2.75) is 67.5 Å². The number of phenolic OH excluding ortho intramolecular Hbond substituents is 2. The lowest BCUT2D eigenvalue weighted by atomic mass is 9.89. The van der Waals surface area contributed by atoms with Crippen LogP contribution in [0.25, 0.3) is 11.1 Å². The van der Waals surface area contributed by atoms with E-state index in [1.54, 1.807) is 0 Å². The van der Waals surface area contributed by atoms with Crippen LogP contribution in [0, 0.1) is 0 Å². The summed E-state index contributed by atoms with van der Waals surface area (Å²) in [6, 6.07) is 12.0. The highest BCUT2D eigenvalue weighted by atomic mass is 16.3. The van der Waals surface area contributed by atoms with Crippen LogP contribution in [0.3, 0.4) is 0 Å². The van der Waals surface area contributed by atoms with Gasteiger partial charge in [0.25, 0.3) is 0 Å². The smallest absolute Gasteiger partial charge is 0.120 e. The van der Waals surface area contributed by atoms with E-state index in [9.17, 15) is 10.2 Å². The minimum Gasteiger partial charge on any atom is -0.508 e. The van der Waals surface area contributed by atoms with Crippen molar-refractivity contribution in [1.82, 2.24) is 9.80 Å². The van der Waals surface area contributed by atoms with Crippen LogP contribution in [0.1, 0.15) is 76.6 Å². The highest BCUT2D eigenvalue weighted by molar-refractivity contribution is 5.91. The van der Waals surface area contributed by atoms with Crippen molar-refractivity contribution in [2.75, 3.05) is 26.2 Å². The number of rotatable bonds is 12. The standard InChI is InChI=1S/C28H42N2O2/c1-7-25(21-13-15-27(31)23(17-21)19-29(9-3)10-4)26(8-2)22-14-16-28(32)24(18-22)20-30(11-5)12-6/h13-18,31-32H,7-12,19-20H2,1-6H3. The van der Waals surface area contributed by atoms with Gasteiger partial charge in [-0.25, -0.2) is 0 Å². The number of phenols is 2. The maximum atomic E-state index is 10.5. The van der Waals surface area contributed by atoms with Crippen molar-refractivity contribution in [3.63, 3.8) is 0 Å². The summed E-state index contributed by atoms with van der Waals surface area (Å²) in [7, 11) is 0. The van der Waals surface area contributed by atoms with Gasteiger partial charge in [0.1, 0.15) is 11.5 Å². The van der Waals surface area contributed by atoms with Crippen LogP contribution in [0.5, 0.6) is 11.5 Å². The van der Waals surface area contributed by atoms with Crippen LogP contribution in [0.15, 0.2) is 36.4 Å². The SMILES string of the molecule is CCC(=C(CC)c1ccc(O)c(CN(CC)CC)c1)c1ccc(O)c(CN(CC)CC)c1.